The summed E-state index contributed by atoms with van der Waals surface area (Å²) in [4.78, 5) is 23.4. The highest BCUT2D eigenvalue weighted by molar-refractivity contribution is 5.87. The van der Waals surface area contributed by atoms with Gasteiger partial charge in [0.15, 0.2) is 0 Å². The van der Waals surface area contributed by atoms with Gasteiger partial charge < -0.3 is 10.4 Å². The number of nitrogens with one attached hydrogen (secondary N) is 1. The van der Waals surface area contributed by atoms with Crippen LogP contribution in [0.2, 0.25) is 0 Å². The zero-order valence-electron chi connectivity index (χ0n) is 13.7. The predicted octanol–water partition coefficient (Wildman–Crippen LogP) is 3.14. The second-order valence-electron chi connectivity index (χ2n) is 6.84. The van der Waals surface area contributed by atoms with Crippen molar-refractivity contribution in [1.29, 1.82) is 0 Å². The van der Waals surface area contributed by atoms with Gasteiger partial charge in [-0.25, -0.2) is 4.79 Å². The molecule has 2 rings (SSSR count). The Morgan fingerprint density at radius 1 is 1.14 bits per heavy atom. The van der Waals surface area contributed by atoms with Gasteiger partial charge in [-0.15, -0.1) is 0 Å². The lowest BCUT2D eigenvalue weighted by atomic mass is 9.99. The van der Waals surface area contributed by atoms with Crippen molar-refractivity contribution in [2.45, 2.75) is 52.0 Å². The molecule has 0 heterocycles. The predicted molar refractivity (Wildman–Crippen MR) is 85.8 cm³/mol. The van der Waals surface area contributed by atoms with Gasteiger partial charge in [0.25, 0.3) is 0 Å². The molecule has 1 aliphatic rings. The molecule has 4 heteroatoms. The fourth-order valence-corrected chi connectivity index (χ4v) is 2.76. The number of carbonyl (C=O) groups is 2. The molecule has 2 N–H and O–H groups in total. The third kappa shape index (κ3) is 3.67. The van der Waals surface area contributed by atoms with Crippen LogP contribution in [0.5, 0.6) is 0 Å². The van der Waals surface area contributed by atoms with Gasteiger partial charge in [-0.3, -0.25) is 4.79 Å². The standard InChI is InChI=1S/C18H25NO3/c1-10(2)12-5-7-13(8-6-12)14-9-15(14)17(20)19-16(11(3)4)18(21)22/h5-8,10-11,14-16H,9H2,1-4H3,(H,19,20)(H,21,22). The normalized spacial score (nSPS) is 21.7. The van der Waals surface area contributed by atoms with Crippen molar-refractivity contribution in [3.63, 3.8) is 0 Å². The lowest BCUT2D eigenvalue weighted by Gasteiger charge is -2.17. The van der Waals surface area contributed by atoms with Crippen molar-refractivity contribution in [2.75, 3.05) is 0 Å². The number of carboxylic acids is 1. The highest BCUT2D eigenvalue weighted by Gasteiger charge is 2.45. The Hall–Kier alpha value is -1.84. The third-order valence-electron chi connectivity index (χ3n) is 4.39. The topological polar surface area (TPSA) is 66.4 Å². The first kappa shape index (κ1) is 16.5. The summed E-state index contributed by atoms with van der Waals surface area (Å²) in [5.74, 6) is -0.604. The van der Waals surface area contributed by atoms with Gasteiger partial charge in [-0.05, 0) is 35.3 Å². The number of benzene rings is 1. The maximum Gasteiger partial charge on any atom is 0.326 e. The number of carbonyl (C=O) groups excluding carboxylic acids is 1. The molecule has 0 saturated heterocycles. The monoisotopic (exact) mass is 303 g/mol. The second-order valence-corrected chi connectivity index (χ2v) is 6.84. The first-order valence-corrected chi connectivity index (χ1v) is 7.94. The summed E-state index contributed by atoms with van der Waals surface area (Å²) in [6, 6.07) is 7.59. The van der Waals surface area contributed by atoms with E-state index in [9.17, 15) is 9.59 Å². The van der Waals surface area contributed by atoms with Crippen LogP contribution in [-0.2, 0) is 9.59 Å². The first-order chi connectivity index (χ1) is 10.3. The van der Waals surface area contributed by atoms with E-state index in [1.807, 2.05) is 0 Å². The van der Waals surface area contributed by atoms with Crippen LogP contribution >= 0.6 is 0 Å². The molecular formula is C18H25NO3. The van der Waals surface area contributed by atoms with E-state index in [0.29, 0.717) is 5.92 Å². The molecule has 0 aliphatic heterocycles. The summed E-state index contributed by atoms with van der Waals surface area (Å²) >= 11 is 0. The molecule has 1 saturated carbocycles. The van der Waals surface area contributed by atoms with E-state index in [-0.39, 0.29) is 23.7 Å². The van der Waals surface area contributed by atoms with Crippen LogP contribution in [0, 0.1) is 11.8 Å². The number of hydrogen-bond donors (Lipinski definition) is 2. The molecule has 0 bridgehead atoms. The summed E-state index contributed by atoms with van der Waals surface area (Å²) in [5.41, 5.74) is 2.46. The quantitative estimate of drug-likeness (QED) is 0.848. The number of aliphatic carboxylic acids is 1. The van der Waals surface area contributed by atoms with Crippen molar-refractivity contribution < 1.29 is 14.7 Å². The van der Waals surface area contributed by atoms with E-state index in [4.69, 9.17) is 5.11 Å². The minimum atomic E-state index is -0.971. The number of hydrogen-bond acceptors (Lipinski definition) is 2. The third-order valence-corrected chi connectivity index (χ3v) is 4.39. The van der Waals surface area contributed by atoms with Crippen molar-refractivity contribution in [1.82, 2.24) is 5.32 Å². The molecular weight excluding hydrogens is 278 g/mol. The van der Waals surface area contributed by atoms with Crippen LogP contribution in [0.4, 0.5) is 0 Å². The van der Waals surface area contributed by atoms with Crippen LogP contribution in [0.1, 0.15) is 57.1 Å². The van der Waals surface area contributed by atoms with Crippen molar-refractivity contribution >= 4 is 11.9 Å². The summed E-state index contributed by atoms with van der Waals surface area (Å²) in [6.07, 6.45) is 0.803. The van der Waals surface area contributed by atoms with E-state index in [2.05, 4.69) is 43.4 Å². The van der Waals surface area contributed by atoms with Crippen molar-refractivity contribution in [2.24, 2.45) is 11.8 Å². The van der Waals surface area contributed by atoms with Gasteiger partial charge in [0.1, 0.15) is 6.04 Å². The average Bonchev–Trinajstić information content (AvgIpc) is 3.24. The molecule has 1 aromatic rings. The molecule has 1 aliphatic carbocycles. The molecule has 1 fully saturated rings. The highest BCUT2D eigenvalue weighted by atomic mass is 16.4. The van der Waals surface area contributed by atoms with Crippen LogP contribution in [0.25, 0.3) is 0 Å². The second kappa shape index (κ2) is 6.51. The molecule has 3 unspecified atom stereocenters. The minimum Gasteiger partial charge on any atom is -0.480 e. The zero-order valence-corrected chi connectivity index (χ0v) is 13.7. The summed E-state index contributed by atoms with van der Waals surface area (Å²) in [5, 5.41) is 11.8. The minimum absolute atomic E-state index is 0.0921. The molecule has 120 valence electrons. The largest absolute Gasteiger partial charge is 0.480 e. The summed E-state index contributed by atoms with van der Waals surface area (Å²) < 4.78 is 0. The Morgan fingerprint density at radius 2 is 1.73 bits per heavy atom. The van der Waals surface area contributed by atoms with Crippen LogP contribution in [0.3, 0.4) is 0 Å². The zero-order chi connectivity index (χ0) is 16.4. The van der Waals surface area contributed by atoms with Gasteiger partial charge in [0, 0.05) is 5.92 Å². The molecule has 0 spiro atoms. The number of amides is 1. The van der Waals surface area contributed by atoms with Crippen LogP contribution < -0.4 is 5.32 Å². The Morgan fingerprint density at radius 3 is 2.18 bits per heavy atom. The average molecular weight is 303 g/mol. The smallest absolute Gasteiger partial charge is 0.326 e. The fourth-order valence-electron chi connectivity index (χ4n) is 2.76. The number of rotatable bonds is 6. The molecule has 3 atom stereocenters. The van der Waals surface area contributed by atoms with Crippen LogP contribution in [0.15, 0.2) is 24.3 Å². The van der Waals surface area contributed by atoms with E-state index < -0.39 is 12.0 Å². The lowest BCUT2D eigenvalue weighted by Crippen LogP contribution is -2.45. The first-order valence-electron chi connectivity index (χ1n) is 7.94. The molecule has 22 heavy (non-hydrogen) atoms. The van der Waals surface area contributed by atoms with Gasteiger partial charge in [-0.2, -0.15) is 0 Å². The van der Waals surface area contributed by atoms with E-state index in [1.54, 1.807) is 13.8 Å². The Labute approximate surface area is 131 Å². The Kier molecular flexibility index (Phi) is 4.89. The molecule has 4 nitrogen and oxygen atoms in total. The van der Waals surface area contributed by atoms with E-state index >= 15 is 0 Å². The van der Waals surface area contributed by atoms with Crippen molar-refractivity contribution in [3.8, 4) is 0 Å². The lowest BCUT2D eigenvalue weighted by molar-refractivity contribution is -0.143. The van der Waals surface area contributed by atoms with E-state index in [1.165, 1.54) is 11.1 Å². The Bertz CT molecular complexity index is 548. The summed E-state index contributed by atoms with van der Waals surface area (Å²) in [7, 11) is 0. The number of carboxylic acid groups (broad SMARTS) is 1. The van der Waals surface area contributed by atoms with Gasteiger partial charge in [0.05, 0.1) is 0 Å². The van der Waals surface area contributed by atoms with Gasteiger partial charge >= 0.3 is 5.97 Å². The maximum atomic E-state index is 12.2. The van der Waals surface area contributed by atoms with E-state index in [0.717, 1.165) is 6.42 Å². The SMILES string of the molecule is CC(C)c1ccc(C2CC2C(=O)NC(C(=O)O)C(C)C)cc1. The highest BCUT2D eigenvalue weighted by Crippen LogP contribution is 2.47. The molecule has 0 aromatic heterocycles. The maximum absolute atomic E-state index is 12.2. The summed E-state index contributed by atoms with van der Waals surface area (Å²) in [6.45, 7) is 7.91. The fraction of sp³-hybridized carbons (Fsp3) is 0.556. The molecule has 1 amide bonds. The van der Waals surface area contributed by atoms with Gasteiger partial charge in [-0.1, -0.05) is 52.0 Å². The van der Waals surface area contributed by atoms with Crippen LogP contribution in [-0.4, -0.2) is 23.0 Å². The van der Waals surface area contributed by atoms with Gasteiger partial charge in [0.2, 0.25) is 5.91 Å². The molecule has 1 aromatic carbocycles. The van der Waals surface area contributed by atoms with Crippen molar-refractivity contribution in [3.05, 3.63) is 35.4 Å². The Balaban J connectivity index is 1.96. The molecule has 0 radical (unpaired) electrons.